The standard InChI is InChI=1S/C21H25N3O4S/c1-27-17-7-8-20(28-2)21(13-17)29(25,26)24-11-9-16(10-12-24)14-23-15-22-18-5-3-4-6-19(18)23/h3-8,13,15-16H,9-12,14H2,1-2H3. The quantitative estimate of drug-likeness (QED) is 0.618. The van der Waals surface area contributed by atoms with Gasteiger partial charge in [0, 0.05) is 25.7 Å². The molecule has 3 aromatic rings. The zero-order valence-corrected chi connectivity index (χ0v) is 17.4. The van der Waals surface area contributed by atoms with Gasteiger partial charge in [-0.15, -0.1) is 0 Å². The second kappa shape index (κ2) is 8.04. The number of aromatic nitrogens is 2. The van der Waals surface area contributed by atoms with E-state index >= 15 is 0 Å². The lowest BCUT2D eigenvalue weighted by Crippen LogP contribution is -2.39. The molecule has 0 bridgehead atoms. The van der Waals surface area contributed by atoms with Crippen LogP contribution in [0.25, 0.3) is 11.0 Å². The van der Waals surface area contributed by atoms with Crippen LogP contribution >= 0.6 is 0 Å². The van der Waals surface area contributed by atoms with Crippen LogP contribution in [0, 0.1) is 5.92 Å². The Balaban J connectivity index is 1.48. The van der Waals surface area contributed by atoms with Gasteiger partial charge in [-0.2, -0.15) is 4.31 Å². The number of hydrogen-bond acceptors (Lipinski definition) is 5. The molecule has 7 nitrogen and oxygen atoms in total. The average molecular weight is 416 g/mol. The molecule has 29 heavy (non-hydrogen) atoms. The second-order valence-electron chi connectivity index (χ2n) is 7.25. The van der Waals surface area contributed by atoms with Crippen LogP contribution in [-0.4, -0.2) is 49.6 Å². The summed E-state index contributed by atoms with van der Waals surface area (Å²) in [6, 6.07) is 12.9. The molecule has 8 heteroatoms. The number of para-hydroxylation sites is 2. The summed E-state index contributed by atoms with van der Waals surface area (Å²) >= 11 is 0. The topological polar surface area (TPSA) is 73.7 Å². The number of hydrogen-bond donors (Lipinski definition) is 0. The van der Waals surface area contributed by atoms with Crippen molar-refractivity contribution in [3.63, 3.8) is 0 Å². The monoisotopic (exact) mass is 415 g/mol. The average Bonchev–Trinajstić information content (AvgIpc) is 3.16. The van der Waals surface area contributed by atoms with E-state index < -0.39 is 10.0 Å². The number of fused-ring (bicyclic) bond motifs is 1. The maximum absolute atomic E-state index is 13.2. The van der Waals surface area contributed by atoms with Crippen molar-refractivity contribution >= 4 is 21.1 Å². The Morgan fingerprint density at radius 1 is 1.07 bits per heavy atom. The van der Waals surface area contributed by atoms with Gasteiger partial charge >= 0.3 is 0 Å². The molecule has 4 rings (SSSR count). The Kier molecular flexibility index (Phi) is 5.47. The molecule has 0 radical (unpaired) electrons. The second-order valence-corrected chi connectivity index (χ2v) is 9.16. The minimum Gasteiger partial charge on any atom is -0.497 e. The molecule has 0 amide bonds. The van der Waals surface area contributed by atoms with Gasteiger partial charge in [-0.25, -0.2) is 13.4 Å². The third kappa shape index (κ3) is 3.82. The summed E-state index contributed by atoms with van der Waals surface area (Å²) in [5, 5.41) is 0. The first-order chi connectivity index (χ1) is 14.0. The number of benzene rings is 2. The Morgan fingerprint density at radius 2 is 1.83 bits per heavy atom. The molecule has 0 aliphatic carbocycles. The van der Waals surface area contributed by atoms with Crippen LogP contribution in [0.15, 0.2) is 53.7 Å². The summed E-state index contributed by atoms with van der Waals surface area (Å²) < 4.78 is 40.6. The van der Waals surface area contributed by atoms with Gasteiger partial charge in [0.2, 0.25) is 10.0 Å². The zero-order valence-electron chi connectivity index (χ0n) is 16.6. The summed E-state index contributed by atoms with van der Waals surface area (Å²) in [7, 11) is -0.656. The van der Waals surface area contributed by atoms with Crippen molar-refractivity contribution in [3.05, 3.63) is 48.8 Å². The van der Waals surface area contributed by atoms with Gasteiger partial charge in [-0.1, -0.05) is 12.1 Å². The lowest BCUT2D eigenvalue weighted by molar-refractivity contribution is 0.253. The van der Waals surface area contributed by atoms with Crippen LogP contribution in [0.4, 0.5) is 0 Å². The molecule has 0 saturated carbocycles. The maximum Gasteiger partial charge on any atom is 0.246 e. The highest BCUT2D eigenvalue weighted by Gasteiger charge is 2.32. The molecule has 154 valence electrons. The summed E-state index contributed by atoms with van der Waals surface area (Å²) in [6.45, 7) is 1.82. The minimum absolute atomic E-state index is 0.151. The van der Waals surface area contributed by atoms with Gasteiger partial charge in [-0.05, 0) is 43.0 Å². The summed E-state index contributed by atoms with van der Waals surface area (Å²) in [6.07, 6.45) is 3.48. The normalized spacial score (nSPS) is 16.2. The number of sulfonamides is 1. The number of piperidine rings is 1. The minimum atomic E-state index is -3.65. The van der Waals surface area contributed by atoms with Crippen molar-refractivity contribution in [1.29, 1.82) is 0 Å². The van der Waals surface area contributed by atoms with Crippen molar-refractivity contribution in [1.82, 2.24) is 13.9 Å². The van der Waals surface area contributed by atoms with E-state index in [4.69, 9.17) is 9.47 Å². The van der Waals surface area contributed by atoms with E-state index in [2.05, 4.69) is 15.6 Å². The van der Waals surface area contributed by atoms with Gasteiger partial charge in [0.15, 0.2) is 0 Å². The molecule has 1 aliphatic rings. The molecule has 1 saturated heterocycles. The summed E-state index contributed by atoms with van der Waals surface area (Å²) in [5.74, 6) is 1.23. The van der Waals surface area contributed by atoms with Gasteiger partial charge < -0.3 is 14.0 Å². The zero-order chi connectivity index (χ0) is 20.4. The van der Waals surface area contributed by atoms with E-state index in [9.17, 15) is 8.42 Å². The Bertz CT molecular complexity index is 1100. The van der Waals surface area contributed by atoms with Gasteiger partial charge in [0.25, 0.3) is 0 Å². The van der Waals surface area contributed by atoms with Crippen molar-refractivity contribution in [2.24, 2.45) is 5.92 Å². The number of nitrogens with zero attached hydrogens (tertiary/aromatic N) is 3. The molecule has 0 N–H and O–H groups in total. The van der Waals surface area contributed by atoms with E-state index in [0.717, 1.165) is 30.4 Å². The van der Waals surface area contributed by atoms with Gasteiger partial charge in [-0.3, -0.25) is 0 Å². The van der Waals surface area contributed by atoms with Crippen LogP contribution < -0.4 is 9.47 Å². The number of ether oxygens (including phenoxy) is 2. The molecular weight excluding hydrogens is 390 g/mol. The third-order valence-electron chi connectivity index (χ3n) is 5.54. The van der Waals surface area contributed by atoms with Crippen LogP contribution in [0.3, 0.4) is 0 Å². The molecule has 2 aromatic carbocycles. The van der Waals surface area contributed by atoms with Crippen LogP contribution in [-0.2, 0) is 16.6 Å². The van der Waals surface area contributed by atoms with Crippen molar-refractivity contribution in [2.75, 3.05) is 27.3 Å². The predicted octanol–water partition coefficient (Wildman–Crippen LogP) is 3.15. The van der Waals surface area contributed by atoms with Crippen molar-refractivity contribution in [3.8, 4) is 11.5 Å². The van der Waals surface area contributed by atoms with E-state index in [0.29, 0.717) is 30.5 Å². The smallest absolute Gasteiger partial charge is 0.246 e. The number of methoxy groups -OCH3 is 2. The van der Waals surface area contributed by atoms with Gasteiger partial charge in [0.05, 0.1) is 31.6 Å². The Labute approximate surface area is 170 Å². The SMILES string of the molecule is COc1ccc(OC)c(S(=O)(=O)N2CCC(Cn3cnc4ccccc43)CC2)c1. The molecule has 1 fully saturated rings. The van der Waals surface area contributed by atoms with E-state index in [1.807, 2.05) is 24.5 Å². The largest absolute Gasteiger partial charge is 0.497 e. The Hall–Kier alpha value is -2.58. The lowest BCUT2D eigenvalue weighted by atomic mass is 9.98. The van der Waals surface area contributed by atoms with Crippen LogP contribution in [0.1, 0.15) is 12.8 Å². The molecular formula is C21H25N3O4S. The first kappa shape index (κ1) is 19.7. The molecule has 0 atom stereocenters. The van der Waals surface area contributed by atoms with Crippen molar-refractivity contribution in [2.45, 2.75) is 24.3 Å². The third-order valence-corrected chi connectivity index (χ3v) is 7.46. The molecule has 0 spiro atoms. The van der Waals surface area contributed by atoms with Crippen molar-refractivity contribution < 1.29 is 17.9 Å². The predicted molar refractivity (Wildman–Crippen MR) is 111 cm³/mol. The summed E-state index contributed by atoms with van der Waals surface area (Å²) in [5.41, 5.74) is 2.10. The highest BCUT2D eigenvalue weighted by atomic mass is 32.2. The highest BCUT2D eigenvalue weighted by Crippen LogP contribution is 2.33. The van der Waals surface area contributed by atoms with E-state index in [1.165, 1.54) is 20.3 Å². The first-order valence-electron chi connectivity index (χ1n) is 9.65. The fourth-order valence-electron chi connectivity index (χ4n) is 3.89. The fraction of sp³-hybridized carbons (Fsp3) is 0.381. The highest BCUT2D eigenvalue weighted by molar-refractivity contribution is 7.89. The van der Waals surface area contributed by atoms with E-state index in [-0.39, 0.29) is 4.90 Å². The van der Waals surface area contributed by atoms with Crippen LogP contribution in [0.5, 0.6) is 11.5 Å². The lowest BCUT2D eigenvalue weighted by Gasteiger charge is -2.31. The van der Waals surface area contributed by atoms with Crippen LogP contribution in [0.2, 0.25) is 0 Å². The number of imidazole rings is 1. The molecule has 1 aliphatic heterocycles. The molecule has 2 heterocycles. The number of rotatable bonds is 6. The van der Waals surface area contributed by atoms with Gasteiger partial charge in [0.1, 0.15) is 16.4 Å². The molecule has 0 unspecified atom stereocenters. The Morgan fingerprint density at radius 3 is 2.55 bits per heavy atom. The fourth-order valence-corrected chi connectivity index (χ4v) is 5.53. The first-order valence-corrected chi connectivity index (χ1v) is 11.1. The molecule has 1 aromatic heterocycles. The maximum atomic E-state index is 13.2. The summed E-state index contributed by atoms with van der Waals surface area (Å²) in [4.78, 5) is 4.60. The van der Waals surface area contributed by atoms with E-state index in [1.54, 1.807) is 16.4 Å².